The van der Waals surface area contributed by atoms with Gasteiger partial charge in [0.15, 0.2) is 6.10 Å². The molecule has 3 atom stereocenters. The second kappa shape index (κ2) is 8.76. The molecule has 7 heteroatoms. The van der Waals surface area contributed by atoms with Crippen LogP contribution in [0.3, 0.4) is 0 Å². The number of hydrogen-bond acceptors (Lipinski definition) is 5. The van der Waals surface area contributed by atoms with Gasteiger partial charge in [0.2, 0.25) is 11.8 Å². The predicted molar refractivity (Wildman–Crippen MR) is 107 cm³/mol. The second-order valence-corrected chi connectivity index (χ2v) is 8.16. The first-order chi connectivity index (χ1) is 13.8. The second-order valence-electron chi connectivity index (χ2n) is 8.16. The van der Waals surface area contributed by atoms with Gasteiger partial charge >= 0.3 is 5.97 Å². The molecule has 1 aliphatic heterocycles. The quantitative estimate of drug-likeness (QED) is 0.585. The van der Waals surface area contributed by atoms with Crippen molar-refractivity contribution in [3.63, 3.8) is 0 Å². The van der Waals surface area contributed by atoms with Crippen LogP contribution in [0.5, 0.6) is 0 Å². The van der Waals surface area contributed by atoms with E-state index in [2.05, 4.69) is 19.2 Å². The van der Waals surface area contributed by atoms with Crippen molar-refractivity contribution in [1.29, 1.82) is 0 Å². The fourth-order valence-electron chi connectivity index (χ4n) is 4.00. The van der Waals surface area contributed by atoms with E-state index in [9.17, 15) is 19.2 Å². The fraction of sp³-hybridized carbons (Fsp3) is 0.545. The molecule has 0 radical (unpaired) electrons. The summed E-state index contributed by atoms with van der Waals surface area (Å²) in [6.45, 7) is 5.19. The molecule has 1 saturated carbocycles. The summed E-state index contributed by atoms with van der Waals surface area (Å²) >= 11 is 0. The Bertz CT molecular complexity index is 778. The van der Waals surface area contributed by atoms with Crippen LogP contribution in [0.4, 0.5) is 5.69 Å². The monoisotopic (exact) mass is 400 g/mol. The summed E-state index contributed by atoms with van der Waals surface area (Å²) in [5.41, 5.74) is 1.76. The summed E-state index contributed by atoms with van der Waals surface area (Å²) in [6.07, 6.45) is 2.19. The molecule has 1 N–H and O–H groups in total. The van der Waals surface area contributed by atoms with Crippen LogP contribution in [0.25, 0.3) is 0 Å². The Morgan fingerprint density at radius 2 is 1.59 bits per heavy atom. The van der Waals surface area contributed by atoms with E-state index < -0.39 is 24.5 Å². The molecule has 0 unspecified atom stereocenters. The third kappa shape index (κ3) is 4.66. The highest BCUT2D eigenvalue weighted by atomic mass is 16.5. The molecule has 7 nitrogen and oxygen atoms in total. The molecule has 3 rings (SSSR count). The molecule has 3 amide bonds. The summed E-state index contributed by atoms with van der Waals surface area (Å²) in [7, 11) is 0. The lowest BCUT2D eigenvalue weighted by Crippen LogP contribution is -2.39. The summed E-state index contributed by atoms with van der Waals surface area (Å²) in [5.74, 6) is -2.04. The standard InChI is InChI=1S/C22H28N2O5/c1-13(2)15-8-10-16(11-9-15)23-20(26)14(3)29-19(25)12-24-21(27)17-6-4-5-7-18(17)22(24)28/h8-11,13-14,17-18H,4-7,12H2,1-3H3,(H,23,26)/t14-,17-,18-/m0/s1. The van der Waals surface area contributed by atoms with Gasteiger partial charge in [0, 0.05) is 5.69 Å². The Hall–Kier alpha value is -2.70. The molecule has 1 aliphatic carbocycles. The van der Waals surface area contributed by atoms with Crippen LogP contribution >= 0.6 is 0 Å². The van der Waals surface area contributed by atoms with E-state index in [-0.39, 0.29) is 23.7 Å². The van der Waals surface area contributed by atoms with Gasteiger partial charge < -0.3 is 10.1 Å². The first-order valence-electron chi connectivity index (χ1n) is 10.2. The van der Waals surface area contributed by atoms with E-state index in [1.54, 1.807) is 12.1 Å². The number of benzene rings is 1. The summed E-state index contributed by atoms with van der Waals surface area (Å²) < 4.78 is 5.16. The maximum atomic E-state index is 12.4. The highest BCUT2D eigenvalue weighted by molar-refractivity contribution is 6.07. The molecule has 1 heterocycles. The topological polar surface area (TPSA) is 92.8 Å². The maximum Gasteiger partial charge on any atom is 0.326 e. The van der Waals surface area contributed by atoms with Crippen molar-refractivity contribution < 1.29 is 23.9 Å². The average molecular weight is 400 g/mol. The van der Waals surface area contributed by atoms with Crippen molar-refractivity contribution in [2.24, 2.45) is 11.8 Å². The Labute approximate surface area is 170 Å². The number of rotatable bonds is 6. The SMILES string of the molecule is CC(C)c1ccc(NC(=O)[C@H](C)OC(=O)CN2C(=O)[C@H]3CCCC[C@@H]3C2=O)cc1. The van der Waals surface area contributed by atoms with E-state index in [1.165, 1.54) is 6.92 Å². The van der Waals surface area contributed by atoms with Crippen LogP contribution in [0.2, 0.25) is 0 Å². The molecule has 2 fully saturated rings. The molecule has 1 aromatic carbocycles. The molecule has 0 spiro atoms. The first-order valence-corrected chi connectivity index (χ1v) is 10.2. The number of amides is 3. The van der Waals surface area contributed by atoms with E-state index in [0.29, 0.717) is 24.4 Å². The fourth-order valence-corrected chi connectivity index (χ4v) is 4.00. The van der Waals surface area contributed by atoms with Crippen LogP contribution in [0.1, 0.15) is 57.9 Å². The maximum absolute atomic E-state index is 12.4. The highest BCUT2D eigenvalue weighted by Crippen LogP contribution is 2.37. The van der Waals surface area contributed by atoms with Gasteiger partial charge in [0.1, 0.15) is 6.54 Å². The van der Waals surface area contributed by atoms with Crippen LogP contribution in [0, 0.1) is 11.8 Å². The van der Waals surface area contributed by atoms with Crippen LogP contribution in [-0.4, -0.2) is 41.2 Å². The third-order valence-electron chi connectivity index (χ3n) is 5.74. The van der Waals surface area contributed by atoms with Gasteiger partial charge in [-0.1, -0.05) is 38.8 Å². The number of fused-ring (bicyclic) bond motifs is 1. The molecular formula is C22H28N2O5. The zero-order valence-corrected chi connectivity index (χ0v) is 17.1. The van der Waals surface area contributed by atoms with E-state index in [0.717, 1.165) is 23.3 Å². The van der Waals surface area contributed by atoms with Crippen LogP contribution in [0.15, 0.2) is 24.3 Å². The largest absolute Gasteiger partial charge is 0.451 e. The number of ether oxygens (including phenoxy) is 1. The van der Waals surface area contributed by atoms with Crippen molar-refractivity contribution >= 4 is 29.4 Å². The molecule has 156 valence electrons. The number of carbonyl (C=O) groups is 4. The van der Waals surface area contributed by atoms with Gasteiger partial charge in [-0.05, 0) is 43.4 Å². The van der Waals surface area contributed by atoms with Crippen molar-refractivity contribution in [2.45, 2.75) is 58.5 Å². The third-order valence-corrected chi connectivity index (χ3v) is 5.74. The number of nitrogens with zero attached hydrogens (tertiary/aromatic N) is 1. The number of anilines is 1. The zero-order chi connectivity index (χ0) is 21.1. The molecule has 2 aliphatic rings. The Balaban J connectivity index is 1.52. The lowest BCUT2D eigenvalue weighted by Gasteiger charge is -2.19. The molecule has 0 aromatic heterocycles. The van der Waals surface area contributed by atoms with Crippen LogP contribution < -0.4 is 5.32 Å². The minimum absolute atomic E-state index is 0.293. The summed E-state index contributed by atoms with van der Waals surface area (Å²) in [6, 6.07) is 7.46. The van der Waals surface area contributed by atoms with Crippen molar-refractivity contribution in [2.75, 3.05) is 11.9 Å². The van der Waals surface area contributed by atoms with Crippen molar-refractivity contribution in [3.8, 4) is 0 Å². The predicted octanol–water partition coefficient (Wildman–Crippen LogP) is 2.86. The minimum Gasteiger partial charge on any atom is -0.451 e. The number of carbonyl (C=O) groups excluding carboxylic acids is 4. The lowest BCUT2D eigenvalue weighted by molar-refractivity contribution is -0.158. The smallest absolute Gasteiger partial charge is 0.326 e. The van der Waals surface area contributed by atoms with E-state index in [4.69, 9.17) is 4.74 Å². The summed E-state index contributed by atoms with van der Waals surface area (Å²) in [5, 5.41) is 2.70. The van der Waals surface area contributed by atoms with Gasteiger partial charge in [-0.15, -0.1) is 0 Å². The Morgan fingerprint density at radius 3 is 2.10 bits per heavy atom. The molecule has 29 heavy (non-hydrogen) atoms. The van der Waals surface area contributed by atoms with Gasteiger partial charge in [0.25, 0.3) is 5.91 Å². The minimum atomic E-state index is -1.04. The first kappa shape index (κ1) is 21.0. The summed E-state index contributed by atoms with van der Waals surface area (Å²) in [4.78, 5) is 50.4. The van der Waals surface area contributed by atoms with E-state index >= 15 is 0 Å². The van der Waals surface area contributed by atoms with Gasteiger partial charge in [-0.3, -0.25) is 24.1 Å². The zero-order valence-electron chi connectivity index (χ0n) is 17.1. The van der Waals surface area contributed by atoms with Crippen molar-refractivity contribution in [3.05, 3.63) is 29.8 Å². The number of hydrogen-bond donors (Lipinski definition) is 1. The molecule has 1 aromatic rings. The van der Waals surface area contributed by atoms with E-state index in [1.807, 2.05) is 12.1 Å². The normalized spacial score (nSPS) is 22.4. The molecule has 1 saturated heterocycles. The average Bonchev–Trinajstić information content (AvgIpc) is 2.93. The lowest BCUT2D eigenvalue weighted by atomic mass is 9.81. The molecular weight excluding hydrogens is 372 g/mol. The highest BCUT2D eigenvalue weighted by Gasteiger charge is 2.48. The van der Waals surface area contributed by atoms with Crippen molar-refractivity contribution in [1.82, 2.24) is 4.90 Å². The van der Waals surface area contributed by atoms with Crippen LogP contribution in [-0.2, 0) is 23.9 Å². The van der Waals surface area contributed by atoms with Gasteiger partial charge in [0.05, 0.1) is 11.8 Å². The van der Waals surface area contributed by atoms with Gasteiger partial charge in [-0.2, -0.15) is 0 Å². The molecule has 0 bridgehead atoms. The number of likely N-dealkylation sites (tertiary alicyclic amines) is 1. The number of esters is 1. The Kier molecular flexibility index (Phi) is 6.35. The Morgan fingerprint density at radius 1 is 1.03 bits per heavy atom. The number of nitrogens with one attached hydrogen (secondary N) is 1. The van der Waals surface area contributed by atoms with Gasteiger partial charge in [-0.25, -0.2) is 0 Å². The number of imide groups is 1.